The molecule has 1 fully saturated rings. The summed E-state index contributed by atoms with van der Waals surface area (Å²) in [4.78, 5) is 16.1. The summed E-state index contributed by atoms with van der Waals surface area (Å²) < 4.78 is 30.2. The molecule has 1 aliphatic heterocycles. The topological polar surface area (TPSA) is 84.2 Å². The summed E-state index contributed by atoms with van der Waals surface area (Å²) in [6.07, 6.45) is 1.77. The molecule has 0 atom stereocenters. The molecule has 0 bridgehead atoms. The highest BCUT2D eigenvalue weighted by Gasteiger charge is 2.30. The molecule has 1 aromatic carbocycles. The van der Waals surface area contributed by atoms with Gasteiger partial charge in [-0.3, -0.25) is 4.57 Å². The van der Waals surface area contributed by atoms with Gasteiger partial charge >= 0.3 is 0 Å². The van der Waals surface area contributed by atoms with Gasteiger partial charge in [0.2, 0.25) is 10.0 Å². The molecule has 0 aliphatic carbocycles. The first-order valence-electron chi connectivity index (χ1n) is 10.8. The Bertz CT molecular complexity index is 1270. The van der Waals surface area contributed by atoms with E-state index < -0.39 is 10.0 Å². The minimum absolute atomic E-state index is 0.403. The van der Waals surface area contributed by atoms with Gasteiger partial charge in [0.15, 0.2) is 0 Å². The molecule has 2 aromatic heterocycles. The molecule has 8 nitrogen and oxygen atoms in total. The summed E-state index contributed by atoms with van der Waals surface area (Å²) in [6.45, 7) is 13.6. The summed E-state index contributed by atoms with van der Waals surface area (Å²) in [5.74, 6) is 2.24. The highest BCUT2D eigenvalue weighted by Crippen LogP contribution is 2.26. The molecule has 0 unspecified atom stereocenters. The van der Waals surface area contributed by atoms with Crippen LogP contribution in [-0.2, 0) is 10.0 Å². The van der Waals surface area contributed by atoms with Gasteiger partial charge in [0, 0.05) is 37.9 Å². The molecule has 0 spiro atoms. The van der Waals surface area contributed by atoms with Crippen molar-refractivity contribution in [2.24, 2.45) is 0 Å². The number of nitrogens with zero attached hydrogens (tertiary/aromatic N) is 6. The number of imidazole rings is 1. The Morgan fingerprint density at radius 3 is 2.03 bits per heavy atom. The molecule has 1 saturated heterocycles. The predicted molar refractivity (Wildman–Crippen MR) is 125 cm³/mol. The number of aromatic nitrogens is 4. The van der Waals surface area contributed by atoms with Crippen LogP contribution >= 0.6 is 0 Å². The van der Waals surface area contributed by atoms with Gasteiger partial charge in [-0.2, -0.15) is 4.31 Å². The van der Waals surface area contributed by atoms with E-state index in [0.29, 0.717) is 36.9 Å². The Kier molecular flexibility index (Phi) is 5.81. The fourth-order valence-corrected chi connectivity index (χ4v) is 5.77. The van der Waals surface area contributed by atoms with Gasteiger partial charge in [-0.25, -0.2) is 23.4 Å². The number of hydrogen-bond donors (Lipinski definition) is 0. The SMILES string of the molecule is Cc1nc(N2CCN(S(=O)(=O)c3cc(C)c(C)cc3C)CC2)cc(-n2cnc(C)c2C)n1. The molecule has 3 heterocycles. The lowest BCUT2D eigenvalue weighted by Crippen LogP contribution is -2.49. The Hall–Kier alpha value is -2.78. The first kappa shape index (κ1) is 22.4. The van der Waals surface area contributed by atoms with Crippen LogP contribution in [0.25, 0.3) is 5.82 Å². The van der Waals surface area contributed by atoms with E-state index in [-0.39, 0.29) is 0 Å². The molecule has 0 radical (unpaired) electrons. The zero-order chi connectivity index (χ0) is 23.2. The number of hydrogen-bond acceptors (Lipinski definition) is 6. The van der Waals surface area contributed by atoms with Gasteiger partial charge in [-0.05, 0) is 64.3 Å². The maximum absolute atomic E-state index is 13.3. The van der Waals surface area contributed by atoms with E-state index in [1.165, 1.54) is 0 Å². The van der Waals surface area contributed by atoms with Crippen molar-refractivity contribution in [3.63, 3.8) is 0 Å². The highest BCUT2D eigenvalue weighted by molar-refractivity contribution is 7.89. The van der Waals surface area contributed by atoms with Crippen LogP contribution in [0, 0.1) is 41.5 Å². The lowest BCUT2D eigenvalue weighted by molar-refractivity contribution is 0.383. The minimum Gasteiger partial charge on any atom is -0.354 e. The molecular formula is C23H30N6O2S. The standard InChI is InChI=1S/C23H30N6O2S/c1-15-11-17(3)21(12-16(15)2)32(30,31)28-9-7-27(8-10-28)22-13-23(26-20(6)25-22)29-14-24-18(4)19(29)5/h11-14H,7-10H2,1-6H3. The van der Waals surface area contributed by atoms with Crippen molar-refractivity contribution in [1.82, 2.24) is 23.8 Å². The van der Waals surface area contributed by atoms with Crippen molar-refractivity contribution in [3.8, 4) is 5.82 Å². The van der Waals surface area contributed by atoms with Crippen LogP contribution in [0.2, 0.25) is 0 Å². The maximum atomic E-state index is 13.3. The van der Waals surface area contributed by atoms with Gasteiger partial charge in [0.1, 0.15) is 23.8 Å². The van der Waals surface area contributed by atoms with Gasteiger partial charge < -0.3 is 4.90 Å². The smallest absolute Gasteiger partial charge is 0.243 e. The van der Waals surface area contributed by atoms with E-state index in [1.807, 2.05) is 58.2 Å². The monoisotopic (exact) mass is 454 g/mol. The summed E-state index contributed by atoms with van der Waals surface area (Å²) >= 11 is 0. The van der Waals surface area contributed by atoms with Crippen molar-refractivity contribution >= 4 is 15.8 Å². The largest absolute Gasteiger partial charge is 0.354 e. The van der Waals surface area contributed by atoms with Crippen molar-refractivity contribution in [3.05, 3.63) is 58.4 Å². The zero-order valence-corrected chi connectivity index (χ0v) is 20.4. The van der Waals surface area contributed by atoms with Gasteiger partial charge in [-0.1, -0.05) is 6.07 Å². The number of anilines is 1. The van der Waals surface area contributed by atoms with E-state index >= 15 is 0 Å². The average Bonchev–Trinajstić information content (AvgIpc) is 3.08. The molecular weight excluding hydrogens is 424 g/mol. The van der Waals surface area contributed by atoms with Crippen molar-refractivity contribution in [2.75, 3.05) is 31.1 Å². The molecule has 1 aliphatic rings. The van der Waals surface area contributed by atoms with Crippen LogP contribution in [0.5, 0.6) is 0 Å². The van der Waals surface area contributed by atoms with Crippen molar-refractivity contribution in [2.45, 2.75) is 46.4 Å². The van der Waals surface area contributed by atoms with Gasteiger partial charge in [0.25, 0.3) is 0 Å². The molecule has 32 heavy (non-hydrogen) atoms. The third-order valence-corrected chi connectivity index (χ3v) is 8.32. The lowest BCUT2D eigenvalue weighted by atomic mass is 10.1. The summed E-state index contributed by atoms with van der Waals surface area (Å²) in [6, 6.07) is 5.68. The Morgan fingerprint density at radius 1 is 0.781 bits per heavy atom. The Morgan fingerprint density at radius 2 is 1.41 bits per heavy atom. The number of piperazine rings is 1. The first-order chi connectivity index (χ1) is 15.1. The lowest BCUT2D eigenvalue weighted by Gasteiger charge is -2.35. The van der Waals surface area contributed by atoms with E-state index in [2.05, 4.69) is 19.9 Å². The van der Waals surface area contributed by atoms with Crippen molar-refractivity contribution in [1.29, 1.82) is 0 Å². The second-order valence-electron chi connectivity index (χ2n) is 8.51. The Labute approximate surface area is 190 Å². The van der Waals surface area contributed by atoms with E-state index in [1.54, 1.807) is 16.7 Å². The molecule has 0 N–H and O–H groups in total. The van der Waals surface area contributed by atoms with Crippen LogP contribution in [-0.4, -0.2) is 58.4 Å². The number of aryl methyl sites for hydroxylation is 5. The molecule has 170 valence electrons. The summed E-state index contributed by atoms with van der Waals surface area (Å²) in [5, 5.41) is 0. The number of benzene rings is 1. The molecule has 9 heteroatoms. The summed E-state index contributed by atoms with van der Waals surface area (Å²) in [5.41, 5.74) is 4.88. The molecule has 3 aromatic rings. The second-order valence-corrected chi connectivity index (χ2v) is 10.4. The fraction of sp³-hybridized carbons (Fsp3) is 0.435. The van der Waals surface area contributed by atoms with Crippen LogP contribution in [0.15, 0.2) is 29.4 Å². The maximum Gasteiger partial charge on any atom is 0.243 e. The second kappa shape index (κ2) is 8.29. The van der Waals surface area contributed by atoms with E-state index in [9.17, 15) is 8.42 Å². The minimum atomic E-state index is -3.54. The van der Waals surface area contributed by atoms with Crippen LogP contribution in [0.3, 0.4) is 0 Å². The van der Waals surface area contributed by atoms with Gasteiger partial charge in [-0.15, -0.1) is 0 Å². The average molecular weight is 455 g/mol. The number of rotatable bonds is 4. The molecule has 4 rings (SSSR count). The zero-order valence-electron chi connectivity index (χ0n) is 19.5. The van der Waals surface area contributed by atoms with Crippen LogP contribution < -0.4 is 4.90 Å². The summed E-state index contributed by atoms with van der Waals surface area (Å²) in [7, 11) is -3.54. The third-order valence-electron chi connectivity index (χ3n) is 6.28. The molecule has 0 saturated carbocycles. The van der Waals surface area contributed by atoms with Crippen molar-refractivity contribution < 1.29 is 8.42 Å². The van der Waals surface area contributed by atoms with E-state index in [4.69, 9.17) is 0 Å². The first-order valence-corrected chi connectivity index (χ1v) is 12.2. The predicted octanol–water partition coefficient (Wildman–Crippen LogP) is 3.02. The number of sulfonamides is 1. The molecule has 0 amide bonds. The van der Waals surface area contributed by atoms with Gasteiger partial charge in [0.05, 0.1) is 10.6 Å². The fourth-order valence-electron chi connectivity index (χ4n) is 4.06. The normalized spacial score (nSPS) is 15.4. The van der Waals surface area contributed by atoms with Crippen LogP contribution in [0.1, 0.15) is 33.9 Å². The highest BCUT2D eigenvalue weighted by atomic mass is 32.2. The Balaban J connectivity index is 1.55. The van der Waals surface area contributed by atoms with Crippen LogP contribution in [0.4, 0.5) is 5.82 Å². The third kappa shape index (κ3) is 4.02. The van der Waals surface area contributed by atoms with E-state index in [0.717, 1.165) is 39.7 Å². The quantitative estimate of drug-likeness (QED) is 0.603.